The SMILES string of the molecule is Cc1cccc(NC(=O)c2nccc3cc(N)ccc23)c1C. The number of aromatic nitrogens is 1. The van der Waals surface area contributed by atoms with Gasteiger partial charge < -0.3 is 11.1 Å². The Hall–Kier alpha value is -2.88. The average molecular weight is 291 g/mol. The number of benzene rings is 2. The number of fused-ring (bicyclic) bond motifs is 1. The smallest absolute Gasteiger partial charge is 0.274 e. The summed E-state index contributed by atoms with van der Waals surface area (Å²) in [6.45, 7) is 4.01. The Morgan fingerprint density at radius 2 is 1.95 bits per heavy atom. The second-order valence-corrected chi connectivity index (χ2v) is 5.34. The minimum absolute atomic E-state index is 0.218. The molecule has 0 spiro atoms. The van der Waals surface area contributed by atoms with Crippen molar-refractivity contribution in [2.24, 2.45) is 0 Å². The summed E-state index contributed by atoms with van der Waals surface area (Å²) in [6.07, 6.45) is 1.62. The number of amides is 1. The number of rotatable bonds is 2. The van der Waals surface area contributed by atoms with Crippen LogP contribution in [0.5, 0.6) is 0 Å². The Morgan fingerprint density at radius 3 is 2.77 bits per heavy atom. The van der Waals surface area contributed by atoms with E-state index in [2.05, 4.69) is 10.3 Å². The van der Waals surface area contributed by atoms with Gasteiger partial charge in [-0.15, -0.1) is 0 Å². The molecule has 0 fully saturated rings. The zero-order valence-electron chi connectivity index (χ0n) is 12.6. The normalized spacial score (nSPS) is 10.6. The monoisotopic (exact) mass is 291 g/mol. The first kappa shape index (κ1) is 14.1. The summed E-state index contributed by atoms with van der Waals surface area (Å²) >= 11 is 0. The molecule has 4 heteroatoms. The lowest BCUT2D eigenvalue weighted by Crippen LogP contribution is -2.15. The van der Waals surface area contributed by atoms with Crippen LogP contribution in [0.25, 0.3) is 10.8 Å². The predicted octanol–water partition coefficient (Wildman–Crippen LogP) is 3.69. The summed E-state index contributed by atoms with van der Waals surface area (Å²) < 4.78 is 0. The van der Waals surface area contributed by atoms with E-state index in [9.17, 15) is 4.79 Å². The highest BCUT2D eigenvalue weighted by Crippen LogP contribution is 2.22. The molecule has 4 nitrogen and oxygen atoms in total. The van der Waals surface area contributed by atoms with Crippen LogP contribution in [0.3, 0.4) is 0 Å². The minimum Gasteiger partial charge on any atom is -0.399 e. The van der Waals surface area contributed by atoms with Crippen LogP contribution in [0.4, 0.5) is 11.4 Å². The second-order valence-electron chi connectivity index (χ2n) is 5.34. The highest BCUT2D eigenvalue weighted by Gasteiger charge is 2.13. The number of pyridine rings is 1. The van der Waals surface area contributed by atoms with Gasteiger partial charge in [0, 0.05) is 23.0 Å². The van der Waals surface area contributed by atoms with Gasteiger partial charge in [-0.1, -0.05) is 12.1 Å². The summed E-state index contributed by atoms with van der Waals surface area (Å²) in [5.41, 5.74) is 9.85. The maximum Gasteiger partial charge on any atom is 0.274 e. The highest BCUT2D eigenvalue weighted by atomic mass is 16.1. The molecular formula is C18H17N3O. The van der Waals surface area contributed by atoms with Crippen molar-refractivity contribution in [3.05, 3.63) is 65.5 Å². The molecule has 3 N–H and O–H groups in total. The van der Waals surface area contributed by atoms with Gasteiger partial charge in [0.15, 0.2) is 0 Å². The van der Waals surface area contributed by atoms with Crippen molar-refractivity contribution < 1.29 is 4.79 Å². The van der Waals surface area contributed by atoms with Gasteiger partial charge in [-0.3, -0.25) is 9.78 Å². The summed E-state index contributed by atoms with van der Waals surface area (Å²) in [5.74, 6) is -0.218. The lowest BCUT2D eigenvalue weighted by atomic mass is 10.1. The van der Waals surface area contributed by atoms with Crippen LogP contribution in [0.15, 0.2) is 48.7 Å². The molecule has 1 amide bonds. The number of nitrogens with two attached hydrogens (primary N) is 1. The Labute approximate surface area is 129 Å². The summed E-state index contributed by atoms with van der Waals surface area (Å²) in [7, 11) is 0. The molecule has 1 aromatic heterocycles. The van der Waals surface area contributed by atoms with E-state index >= 15 is 0 Å². The fourth-order valence-corrected chi connectivity index (χ4v) is 2.45. The van der Waals surface area contributed by atoms with E-state index in [-0.39, 0.29) is 5.91 Å². The van der Waals surface area contributed by atoms with Crippen molar-refractivity contribution in [3.8, 4) is 0 Å². The Kier molecular flexibility index (Phi) is 3.51. The zero-order valence-corrected chi connectivity index (χ0v) is 12.6. The van der Waals surface area contributed by atoms with Crippen molar-refractivity contribution in [1.82, 2.24) is 4.98 Å². The molecule has 0 radical (unpaired) electrons. The van der Waals surface area contributed by atoms with Crippen LogP contribution in [-0.4, -0.2) is 10.9 Å². The molecule has 1 heterocycles. The maximum absolute atomic E-state index is 12.6. The van der Waals surface area contributed by atoms with Crippen molar-refractivity contribution in [2.75, 3.05) is 11.1 Å². The molecular weight excluding hydrogens is 274 g/mol. The average Bonchev–Trinajstić information content (AvgIpc) is 2.51. The quantitative estimate of drug-likeness (QED) is 0.708. The van der Waals surface area contributed by atoms with Gasteiger partial charge in [-0.2, -0.15) is 0 Å². The zero-order chi connectivity index (χ0) is 15.7. The number of nitrogen functional groups attached to an aromatic ring is 1. The Morgan fingerprint density at radius 1 is 1.14 bits per heavy atom. The van der Waals surface area contributed by atoms with E-state index in [1.807, 2.05) is 50.2 Å². The van der Waals surface area contributed by atoms with E-state index in [1.165, 1.54) is 0 Å². The number of hydrogen-bond donors (Lipinski definition) is 2. The third kappa shape index (κ3) is 2.51. The number of aryl methyl sites for hydroxylation is 1. The number of nitrogens with zero attached hydrogens (tertiary/aromatic N) is 1. The fraction of sp³-hybridized carbons (Fsp3) is 0.111. The van der Waals surface area contributed by atoms with Crippen molar-refractivity contribution in [2.45, 2.75) is 13.8 Å². The highest BCUT2D eigenvalue weighted by molar-refractivity contribution is 6.11. The molecule has 2 aromatic carbocycles. The predicted molar refractivity (Wildman–Crippen MR) is 90.0 cm³/mol. The van der Waals surface area contributed by atoms with Crippen molar-refractivity contribution in [1.29, 1.82) is 0 Å². The van der Waals surface area contributed by atoms with Gasteiger partial charge in [0.05, 0.1) is 0 Å². The molecule has 0 aliphatic rings. The van der Waals surface area contributed by atoms with Crippen LogP contribution in [0, 0.1) is 13.8 Å². The molecule has 0 aliphatic heterocycles. The lowest BCUT2D eigenvalue weighted by molar-refractivity contribution is 0.102. The van der Waals surface area contributed by atoms with E-state index in [1.54, 1.807) is 12.3 Å². The maximum atomic E-state index is 12.6. The standard InChI is InChI=1S/C18H17N3O/c1-11-4-3-5-16(12(11)2)21-18(22)17-15-7-6-14(19)10-13(15)8-9-20-17/h3-10H,19H2,1-2H3,(H,21,22). The van der Waals surface area contributed by atoms with Crippen LogP contribution >= 0.6 is 0 Å². The van der Waals surface area contributed by atoms with Crippen LogP contribution in [0.1, 0.15) is 21.6 Å². The van der Waals surface area contributed by atoms with E-state index < -0.39 is 0 Å². The van der Waals surface area contributed by atoms with E-state index in [0.29, 0.717) is 11.4 Å². The lowest BCUT2D eigenvalue weighted by Gasteiger charge is -2.11. The molecule has 0 saturated heterocycles. The van der Waals surface area contributed by atoms with Crippen molar-refractivity contribution >= 4 is 28.1 Å². The molecule has 0 bridgehead atoms. The number of carbonyl (C=O) groups excluding carboxylic acids is 1. The van der Waals surface area contributed by atoms with Crippen LogP contribution < -0.4 is 11.1 Å². The summed E-state index contributed by atoms with van der Waals surface area (Å²) in [6, 6.07) is 13.1. The molecule has 0 aliphatic carbocycles. The van der Waals surface area contributed by atoms with Gasteiger partial charge >= 0.3 is 0 Å². The minimum atomic E-state index is -0.218. The number of nitrogens with one attached hydrogen (secondary N) is 1. The molecule has 3 aromatic rings. The van der Waals surface area contributed by atoms with Gasteiger partial charge in [-0.05, 0) is 60.7 Å². The second kappa shape index (κ2) is 5.48. The number of carbonyl (C=O) groups is 1. The Bertz CT molecular complexity index is 871. The van der Waals surface area contributed by atoms with Crippen molar-refractivity contribution in [3.63, 3.8) is 0 Å². The van der Waals surface area contributed by atoms with Crippen LogP contribution in [0.2, 0.25) is 0 Å². The van der Waals surface area contributed by atoms with Gasteiger partial charge in [-0.25, -0.2) is 0 Å². The first-order valence-corrected chi connectivity index (χ1v) is 7.08. The molecule has 0 saturated carbocycles. The van der Waals surface area contributed by atoms with Gasteiger partial charge in [0.2, 0.25) is 0 Å². The molecule has 110 valence electrons. The van der Waals surface area contributed by atoms with Gasteiger partial charge in [0.25, 0.3) is 5.91 Å². The third-order valence-electron chi connectivity index (χ3n) is 3.86. The first-order valence-electron chi connectivity index (χ1n) is 7.08. The molecule has 0 unspecified atom stereocenters. The third-order valence-corrected chi connectivity index (χ3v) is 3.86. The summed E-state index contributed by atoms with van der Waals surface area (Å²) in [5, 5.41) is 4.64. The topological polar surface area (TPSA) is 68.0 Å². The number of hydrogen-bond acceptors (Lipinski definition) is 3. The number of anilines is 2. The Balaban J connectivity index is 2.01. The molecule has 0 atom stereocenters. The van der Waals surface area contributed by atoms with E-state index in [0.717, 1.165) is 27.6 Å². The molecule has 22 heavy (non-hydrogen) atoms. The van der Waals surface area contributed by atoms with Gasteiger partial charge in [0.1, 0.15) is 5.69 Å². The van der Waals surface area contributed by atoms with Crippen LogP contribution in [-0.2, 0) is 0 Å². The fourth-order valence-electron chi connectivity index (χ4n) is 2.45. The molecule has 3 rings (SSSR count). The summed E-state index contributed by atoms with van der Waals surface area (Å²) in [4.78, 5) is 16.8. The first-order chi connectivity index (χ1) is 10.6. The van der Waals surface area contributed by atoms with E-state index in [4.69, 9.17) is 5.73 Å². The largest absolute Gasteiger partial charge is 0.399 e.